The van der Waals surface area contributed by atoms with E-state index in [2.05, 4.69) is 9.97 Å². The number of ether oxygens (including phenoxy) is 1. The first-order valence-corrected chi connectivity index (χ1v) is 7.70. The topological polar surface area (TPSA) is 105 Å². The highest BCUT2D eigenvalue weighted by Crippen LogP contribution is 2.35. The third kappa shape index (κ3) is 3.55. The molecule has 0 aromatic carbocycles. The normalized spacial score (nSPS) is 14.3. The quantitative estimate of drug-likeness (QED) is 0.550. The van der Waals surface area contributed by atoms with Gasteiger partial charge in [-0.25, -0.2) is 4.98 Å². The van der Waals surface area contributed by atoms with Gasteiger partial charge in [0.2, 0.25) is 0 Å². The molecule has 2 aromatic rings. The fourth-order valence-corrected chi connectivity index (χ4v) is 2.40. The second-order valence-corrected chi connectivity index (χ2v) is 5.87. The number of hydrogen-bond acceptors (Lipinski definition) is 6. The highest BCUT2D eigenvalue weighted by Gasteiger charge is 2.37. The molecule has 2 aromatic heterocycles. The number of nitrogens with two attached hydrogens (primary N) is 1. The predicted molar refractivity (Wildman–Crippen MR) is 93.3 cm³/mol. The summed E-state index contributed by atoms with van der Waals surface area (Å²) in [7, 11) is 0. The maximum absolute atomic E-state index is 11.0. The minimum atomic E-state index is -1.45. The van der Waals surface area contributed by atoms with E-state index in [1.807, 2.05) is 13.8 Å². The summed E-state index contributed by atoms with van der Waals surface area (Å²) >= 11 is 5.73. The Morgan fingerprint density at radius 2 is 1.88 bits per heavy atom. The van der Waals surface area contributed by atoms with E-state index in [4.69, 9.17) is 27.5 Å². The summed E-state index contributed by atoms with van der Waals surface area (Å²) in [6, 6.07) is 6.64. The molecule has 2 heterocycles. The molecule has 2 rings (SSSR count). The summed E-state index contributed by atoms with van der Waals surface area (Å²) in [5.74, 6) is 0.783. The smallest absolute Gasteiger partial charge is 0.145 e. The number of halogens is 1. The lowest BCUT2D eigenvalue weighted by Gasteiger charge is -2.32. The molecule has 4 N–H and O–H groups in total. The van der Waals surface area contributed by atoms with Crippen LogP contribution in [-0.2, 0) is 5.60 Å². The fourth-order valence-electron chi connectivity index (χ4n) is 2.29. The zero-order valence-electron chi connectivity index (χ0n) is 13.4. The Bertz CT molecular complexity index is 729. The van der Waals surface area contributed by atoms with Crippen LogP contribution in [0.2, 0.25) is 5.15 Å². The van der Waals surface area contributed by atoms with Crippen LogP contribution in [0.25, 0.3) is 0 Å². The summed E-state index contributed by atoms with van der Waals surface area (Å²) in [4.78, 5) is 8.22. The summed E-state index contributed by atoms with van der Waals surface area (Å²) < 4.78 is 5.63. The molecule has 1 unspecified atom stereocenters. The molecule has 126 valence electrons. The van der Waals surface area contributed by atoms with Crippen LogP contribution in [0.3, 0.4) is 0 Å². The SMILES string of the molecule is CC(C)C(O)(/C(C=N)=C/N)c1ccc(Oc2ccc(Cl)nc2)cn1. The van der Waals surface area contributed by atoms with Gasteiger partial charge in [0.05, 0.1) is 18.1 Å². The minimum absolute atomic E-state index is 0.228. The molecule has 0 fully saturated rings. The Labute approximate surface area is 145 Å². The number of aliphatic hydroxyl groups is 1. The van der Waals surface area contributed by atoms with Crippen molar-refractivity contribution >= 4 is 17.8 Å². The molecule has 7 heteroatoms. The molecule has 0 amide bonds. The van der Waals surface area contributed by atoms with Gasteiger partial charge in [-0.1, -0.05) is 25.4 Å². The van der Waals surface area contributed by atoms with E-state index in [0.29, 0.717) is 22.3 Å². The second-order valence-electron chi connectivity index (χ2n) is 5.49. The average Bonchev–Trinajstić information content (AvgIpc) is 2.58. The summed E-state index contributed by atoms with van der Waals surface area (Å²) in [5, 5.41) is 18.8. The van der Waals surface area contributed by atoms with Gasteiger partial charge in [0.25, 0.3) is 0 Å². The van der Waals surface area contributed by atoms with E-state index in [0.717, 1.165) is 6.21 Å². The van der Waals surface area contributed by atoms with Gasteiger partial charge in [0, 0.05) is 18.0 Å². The largest absolute Gasteiger partial charge is 0.454 e. The molecule has 6 nitrogen and oxygen atoms in total. The molecule has 0 aliphatic heterocycles. The number of nitrogens with one attached hydrogen (secondary N) is 1. The van der Waals surface area contributed by atoms with E-state index in [9.17, 15) is 5.11 Å². The molecule has 0 saturated heterocycles. The summed E-state index contributed by atoms with van der Waals surface area (Å²) in [6.07, 6.45) is 5.25. The monoisotopic (exact) mass is 346 g/mol. The number of nitrogens with zero attached hydrogens (tertiary/aromatic N) is 2. The summed E-state index contributed by atoms with van der Waals surface area (Å²) in [5.41, 5.74) is 4.76. The minimum Gasteiger partial charge on any atom is -0.454 e. The van der Waals surface area contributed by atoms with Gasteiger partial charge < -0.3 is 21.0 Å². The maximum atomic E-state index is 11.0. The van der Waals surface area contributed by atoms with Crippen LogP contribution in [-0.4, -0.2) is 21.3 Å². The average molecular weight is 347 g/mol. The van der Waals surface area contributed by atoms with Crippen molar-refractivity contribution < 1.29 is 9.84 Å². The van der Waals surface area contributed by atoms with E-state index < -0.39 is 5.60 Å². The number of hydrogen-bond donors (Lipinski definition) is 3. The Balaban J connectivity index is 2.29. The highest BCUT2D eigenvalue weighted by molar-refractivity contribution is 6.29. The molecule has 0 aliphatic rings. The maximum Gasteiger partial charge on any atom is 0.145 e. The van der Waals surface area contributed by atoms with Crippen molar-refractivity contribution in [2.75, 3.05) is 0 Å². The Kier molecular flexibility index (Phi) is 5.54. The first-order valence-electron chi connectivity index (χ1n) is 7.33. The van der Waals surface area contributed by atoms with Gasteiger partial charge in [-0.2, -0.15) is 0 Å². The van der Waals surface area contributed by atoms with Crippen LogP contribution in [0.4, 0.5) is 0 Å². The van der Waals surface area contributed by atoms with Crippen molar-refractivity contribution in [1.82, 2.24) is 9.97 Å². The molecule has 24 heavy (non-hydrogen) atoms. The second kappa shape index (κ2) is 7.42. The lowest BCUT2D eigenvalue weighted by Crippen LogP contribution is -2.36. The lowest BCUT2D eigenvalue weighted by atomic mass is 9.80. The molecular weight excluding hydrogens is 328 g/mol. The van der Waals surface area contributed by atoms with Crippen LogP contribution in [0, 0.1) is 11.3 Å². The lowest BCUT2D eigenvalue weighted by molar-refractivity contribution is 0.0293. The van der Waals surface area contributed by atoms with Gasteiger partial charge in [0.15, 0.2) is 0 Å². The number of aromatic nitrogens is 2. The van der Waals surface area contributed by atoms with Crippen LogP contribution >= 0.6 is 11.6 Å². The number of rotatable bonds is 6. The zero-order chi connectivity index (χ0) is 17.7. The Morgan fingerprint density at radius 3 is 2.29 bits per heavy atom. The van der Waals surface area contributed by atoms with Crippen molar-refractivity contribution in [3.05, 3.63) is 59.3 Å². The van der Waals surface area contributed by atoms with E-state index in [1.54, 1.807) is 24.3 Å². The van der Waals surface area contributed by atoms with Crippen LogP contribution in [0.15, 0.2) is 48.4 Å². The van der Waals surface area contributed by atoms with E-state index >= 15 is 0 Å². The van der Waals surface area contributed by atoms with Gasteiger partial charge in [-0.3, -0.25) is 4.98 Å². The molecular formula is C17H19ClN4O2. The third-order valence-corrected chi connectivity index (χ3v) is 3.90. The van der Waals surface area contributed by atoms with Gasteiger partial charge in [-0.15, -0.1) is 0 Å². The van der Waals surface area contributed by atoms with E-state index in [-0.39, 0.29) is 11.5 Å². The molecule has 0 bridgehead atoms. The van der Waals surface area contributed by atoms with Crippen molar-refractivity contribution in [3.8, 4) is 11.5 Å². The molecule has 0 aliphatic carbocycles. The van der Waals surface area contributed by atoms with Crippen molar-refractivity contribution in [1.29, 1.82) is 5.41 Å². The summed E-state index contributed by atoms with van der Waals surface area (Å²) in [6.45, 7) is 3.66. The fraction of sp³-hybridized carbons (Fsp3) is 0.235. The van der Waals surface area contributed by atoms with Crippen LogP contribution < -0.4 is 10.5 Å². The zero-order valence-corrected chi connectivity index (χ0v) is 14.2. The highest BCUT2D eigenvalue weighted by atomic mass is 35.5. The van der Waals surface area contributed by atoms with Gasteiger partial charge in [-0.05, 0) is 30.2 Å². The Hall–Kier alpha value is -2.44. The molecule has 1 atom stereocenters. The predicted octanol–water partition coefficient (Wildman–Crippen LogP) is 3.26. The van der Waals surface area contributed by atoms with Crippen LogP contribution in [0.1, 0.15) is 19.5 Å². The molecule has 0 spiro atoms. The van der Waals surface area contributed by atoms with Gasteiger partial charge in [0.1, 0.15) is 22.3 Å². The standard InChI is InChI=1S/C17H19ClN4O2/c1-11(2)17(23,12(7-19)8-20)15-5-3-13(9-21-15)24-14-4-6-16(18)22-10-14/h3-11,19,23H,20H2,1-2H3/b12-8+,19-7?. The van der Waals surface area contributed by atoms with Crippen LogP contribution in [0.5, 0.6) is 11.5 Å². The third-order valence-electron chi connectivity index (χ3n) is 3.67. The van der Waals surface area contributed by atoms with Crippen molar-refractivity contribution in [2.45, 2.75) is 19.4 Å². The van der Waals surface area contributed by atoms with Crippen molar-refractivity contribution in [3.63, 3.8) is 0 Å². The van der Waals surface area contributed by atoms with Gasteiger partial charge >= 0.3 is 0 Å². The molecule has 0 radical (unpaired) electrons. The van der Waals surface area contributed by atoms with E-state index in [1.165, 1.54) is 18.6 Å². The number of pyridine rings is 2. The molecule has 0 saturated carbocycles. The first kappa shape index (κ1) is 17.9. The first-order chi connectivity index (χ1) is 11.4. The van der Waals surface area contributed by atoms with Crippen molar-refractivity contribution in [2.24, 2.45) is 11.7 Å². The Morgan fingerprint density at radius 1 is 1.25 bits per heavy atom.